The second kappa shape index (κ2) is 5.12. The molecule has 0 aliphatic carbocycles. The number of hydrogen-bond acceptors (Lipinski definition) is 3. The fourth-order valence-corrected chi connectivity index (χ4v) is 1.97. The van der Waals surface area contributed by atoms with E-state index in [1.807, 2.05) is 12.1 Å². The van der Waals surface area contributed by atoms with Crippen LogP contribution in [0, 0.1) is 0 Å². The highest BCUT2D eigenvalue weighted by Crippen LogP contribution is 2.17. The zero-order chi connectivity index (χ0) is 11.4. The number of ketones is 1. The van der Waals surface area contributed by atoms with E-state index in [0.717, 1.165) is 31.9 Å². The van der Waals surface area contributed by atoms with E-state index in [2.05, 4.69) is 17.0 Å². The topological polar surface area (TPSA) is 29.5 Å². The second-order valence-corrected chi connectivity index (χ2v) is 4.15. The number of Topliss-reactive ketones (excluding diaryl/α,β-unsaturated/α-hetero) is 1. The van der Waals surface area contributed by atoms with Gasteiger partial charge in [0, 0.05) is 25.2 Å². The van der Waals surface area contributed by atoms with Crippen LogP contribution in [-0.4, -0.2) is 32.1 Å². The molecular formula is C13H17NO2. The summed E-state index contributed by atoms with van der Waals surface area (Å²) in [7, 11) is 0. The van der Waals surface area contributed by atoms with E-state index >= 15 is 0 Å². The van der Waals surface area contributed by atoms with Crippen LogP contribution in [-0.2, 0) is 16.0 Å². The summed E-state index contributed by atoms with van der Waals surface area (Å²) in [5.41, 5.74) is 2.29. The molecule has 86 valence electrons. The van der Waals surface area contributed by atoms with Gasteiger partial charge in [0.15, 0.2) is 0 Å². The minimum Gasteiger partial charge on any atom is -0.378 e. The fourth-order valence-electron chi connectivity index (χ4n) is 1.97. The number of ether oxygens (including phenoxy) is 1. The number of morpholine rings is 1. The fraction of sp³-hybridized carbons (Fsp3) is 0.462. The summed E-state index contributed by atoms with van der Waals surface area (Å²) in [4.78, 5) is 13.4. The normalized spacial score (nSPS) is 16.2. The molecule has 1 aromatic rings. The lowest BCUT2D eigenvalue weighted by molar-refractivity contribution is -0.116. The molecule has 0 radical (unpaired) electrons. The van der Waals surface area contributed by atoms with Crippen molar-refractivity contribution < 1.29 is 9.53 Å². The van der Waals surface area contributed by atoms with Crippen molar-refractivity contribution in [3.63, 3.8) is 0 Å². The summed E-state index contributed by atoms with van der Waals surface area (Å²) in [6.45, 7) is 5.07. The summed E-state index contributed by atoms with van der Waals surface area (Å²) in [6.07, 6.45) is 0.526. The van der Waals surface area contributed by atoms with Gasteiger partial charge in [-0.1, -0.05) is 12.1 Å². The summed E-state index contributed by atoms with van der Waals surface area (Å²) in [5.74, 6) is 0.208. The van der Waals surface area contributed by atoms with Crippen LogP contribution in [0.1, 0.15) is 12.5 Å². The van der Waals surface area contributed by atoms with Gasteiger partial charge in [0.05, 0.1) is 13.2 Å². The van der Waals surface area contributed by atoms with Gasteiger partial charge in [0.25, 0.3) is 0 Å². The van der Waals surface area contributed by atoms with E-state index in [9.17, 15) is 4.79 Å². The lowest BCUT2D eigenvalue weighted by Gasteiger charge is -2.29. The van der Waals surface area contributed by atoms with Crippen molar-refractivity contribution in [1.29, 1.82) is 0 Å². The van der Waals surface area contributed by atoms with Gasteiger partial charge in [0.1, 0.15) is 5.78 Å². The van der Waals surface area contributed by atoms with Crippen molar-refractivity contribution >= 4 is 11.5 Å². The van der Waals surface area contributed by atoms with Crippen molar-refractivity contribution in [1.82, 2.24) is 0 Å². The first kappa shape index (κ1) is 11.1. The molecule has 1 aliphatic heterocycles. The van der Waals surface area contributed by atoms with Crippen LogP contribution in [0.5, 0.6) is 0 Å². The van der Waals surface area contributed by atoms with Gasteiger partial charge in [-0.15, -0.1) is 0 Å². The molecule has 0 N–H and O–H groups in total. The lowest BCUT2D eigenvalue weighted by Crippen LogP contribution is -2.36. The van der Waals surface area contributed by atoms with Gasteiger partial charge >= 0.3 is 0 Å². The zero-order valence-electron chi connectivity index (χ0n) is 9.61. The van der Waals surface area contributed by atoms with Gasteiger partial charge in [-0.05, 0) is 24.6 Å². The minimum absolute atomic E-state index is 0.208. The van der Waals surface area contributed by atoms with Crippen LogP contribution < -0.4 is 4.90 Å². The van der Waals surface area contributed by atoms with Crippen LogP contribution in [0.25, 0.3) is 0 Å². The van der Waals surface area contributed by atoms with Crippen molar-refractivity contribution in [2.75, 3.05) is 31.2 Å². The Bertz CT molecular complexity index is 370. The molecule has 0 aromatic heterocycles. The smallest absolute Gasteiger partial charge is 0.134 e. The Hall–Kier alpha value is -1.35. The standard InChI is InChI=1S/C13H17NO2/c1-11(15)9-12-3-2-4-13(10-12)14-5-7-16-8-6-14/h2-4,10H,5-9H2,1H3. The van der Waals surface area contributed by atoms with Crippen molar-refractivity contribution in [2.45, 2.75) is 13.3 Å². The molecule has 0 saturated carbocycles. The number of benzene rings is 1. The second-order valence-electron chi connectivity index (χ2n) is 4.15. The van der Waals surface area contributed by atoms with Crippen LogP contribution in [0.15, 0.2) is 24.3 Å². The molecule has 0 unspecified atom stereocenters. The molecule has 3 heteroatoms. The summed E-state index contributed by atoms with van der Waals surface area (Å²) < 4.78 is 5.32. The van der Waals surface area contributed by atoms with Gasteiger partial charge in [-0.3, -0.25) is 4.79 Å². The van der Waals surface area contributed by atoms with E-state index in [0.29, 0.717) is 6.42 Å². The molecule has 3 nitrogen and oxygen atoms in total. The largest absolute Gasteiger partial charge is 0.378 e. The maximum absolute atomic E-state index is 11.1. The molecule has 1 heterocycles. The Kier molecular flexibility index (Phi) is 3.57. The average Bonchev–Trinajstić information content (AvgIpc) is 2.30. The highest BCUT2D eigenvalue weighted by Gasteiger charge is 2.11. The Morgan fingerprint density at radius 3 is 2.81 bits per heavy atom. The molecule has 1 aromatic carbocycles. The average molecular weight is 219 g/mol. The van der Waals surface area contributed by atoms with Gasteiger partial charge in [-0.2, -0.15) is 0 Å². The maximum atomic E-state index is 11.1. The van der Waals surface area contributed by atoms with Gasteiger partial charge in [0.2, 0.25) is 0 Å². The third kappa shape index (κ3) is 2.83. The molecule has 1 fully saturated rings. The summed E-state index contributed by atoms with van der Waals surface area (Å²) in [5, 5.41) is 0. The highest BCUT2D eigenvalue weighted by molar-refractivity contribution is 5.78. The van der Waals surface area contributed by atoms with E-state index in [1.54, 1.807) is 6.92 Å². The van der Waals surface area contributed by atoms with Crippen molar-refractivity contribution in [3.8, 4) is 0 Å². The first-order chi connectivity index (χ1) is 7.75. The number of anilines is 1. The van der Waals surface area contributed by atoms with Crippen LogP contribution >= 0.6 is 0 Å². The predicted octanol–water partition coefficient (Wildman–Crippen LogP) is 1.65. The number of hydrogen-bond donors (Lipinski definition) is 0. The van der Waals surface area contributed by atoms with Crippen LogP contribution in [0.2, 0.25) is 0 Å². The molecule has 0 amide bonds. The molecular weight excluding hydrogens is 202 g/mol. The number of rotatable bonds is 3. The Balaban J connectivity index is 2.11. The maximum Gasteiger partial charge on any atom is 0.134 e. The first-order valence-corrected chi connectivity index (χ1v) is 5.67. The third-order valence-corrected chi connectivity index (χ3v) is 2.74. The highest BCUT2D eigenvalue weighted by atomic mass is 16.5. The Morgan fingerprint density at radius 2 is 2.12 bits per heavy atom. The quantitative estimate of drug-likeness (QED) is 0.774. The van der Waals surface area contributed by atoms with E-state index in [-0.39, 0.29) is 5.78 Å². The molecule has 0 bridgehead atoms. The van der Waals surface area contributed by atoms with Gasteiger partial charge in [-0.25, -0.2) is 0 Å². The number of carbonyl (C=O) groups is 1. The first-order valence-electron chi connectivity index (χ1n) is 5.67. The van der Waals surface area contributed by atoms with E-state index < -0.39 is 0 Å². The van der Waals surface area contributed by atoms with Crippen LogP contribution in [0.4, 0.5) is 5.69 Å². The van der Waals surface area contributed by atoms with E-state index in [4.69, 9.17) is 4.74 Å². The molecule has 16 heavy (non-hydrogen) atoms. The van der Waals surface area contributed by atoms with E-state index in [1.165, 1.54) is 5.69 Å². The number of carbonyl (C=O) groups excluding carboxylic acids is 1. The Labute approximate surface area is 96.0 Å². The summed E-state index contributed by atoms with van der Waals surface area (Å²) in [6, 6.07) is 8.22. The molecule has 0 atom stereocenters. The monoisotopic (exact) mass is 219 g/mol. The SMILES string of the molecule is CC(=O)Cc1cccc(N2CCOCC2)c1. The van der Waals surface area contributed by atoms with Crippen LogP contribution in [0.3, 0.4) is 0 Å². The zero-order valence-corrected chi connectivity index (χ0v) is 9.61. The summed E-state index contributed by atoms with van der Waals surface area (Å²) >= 11 is 0. The molecule has 0 spiro atoms. The molecule has 1 aliphatic rings. The predicted molar refractivity (Wildman–Crippen MR) is 63.9 cm³/mol. The van der Waals surface area contributed by atoms with Crippen molar-refractivity contribution in [2.24, 2.45) is 0 Å². The minimum atomic E-state index is 0.208. The third-order valence-electron chi connectivity index (χ3n) is 2.74. The van der Waals surface area contributed by atoms with Gasteiger partial charge < -0.3 is 9.64 Å². The Morgan fingerprint density at radius 1 is 1.38 bits per heavy atom. The van der Waals surface area contributed by atoms with Crippen molar-refractivity contribution in [3.05, 3.63) is 29.8 Å². The molecule has 2 rings (SSSR count). The lowest BCUT2D eigenvalue weighted by atomic mass is 10.1. The number of nitrogens with zero attached hydrogens (tertiary/aromatic N) is 1. The molecule has 1 saturated heterocycles.